The summed E-state index contributed by atoms with van der Waals surface area (Å²) in [6.45, 7) is 3.06. The second kappa shape index (κ2) is 13.5. The summed E-state index contributed by atoms with van der Waals surface area (Å²) in [4.78, 5) is 35.4. The van der Waals surface area contributed by atoms with Crippen LogP contribution in [0.3, 0.4) is 0 Å². The molecule has 0 bridgehead atoms. The van der Waals surface area contributed by atoms with Gasteiger partial charge in [-0.15, -0.1) is 0 Å². The van der Waals surface area contributed by atoms with Gasteiger partial charge in [-0.1, -0.05) is 22.3 Å². The maximum absolute atomic E-state index is 11.9. The summed E-state index contributed by atoms with van der Waals surface area (Å²) in [5, 5.41) is 19.3. The van der Waals surface area contributed by atoms with Gasteiger partial charge >= 0.3 is 0 Å². The molecule has 218 valence electrons. The summed E-state index contributed by atoms with van der Waals surface area (Å²) in [5.41, 5.74) is 0. The van der Waals surface area contributed by atoms with Gasteiger partial charge in [-0.25, -0.2) is 8.62 Å². The summed E-state index contributed by atoms with van der Waals surface area (Å²) in [7, 11) is -17.4. The van der Waals surface area contributed by atoms with Crippen LogP contribution in [0.15, 0.2) is 0 Å². The van der Waals surface area contributed by atoms with Crippen LogP contribution in [-0.2, 0) is 50.3 Å². The van der Waals surface area contributed by atoms with E-state index in [1.165, 1.54) is 6.92 Å². The van der Waals surface area contributed by atoms with Crippen molar-refractivity contribution in [3.63, 3.8) is 0 Å². The molecule has 0 aromatic rings. The Morgan fingerprint density at radius 1 is 0.667 bits per heavy atom. The van der Waals surface area contributed by atoms with Crippen molar-refractivity contribution in [2.24, 2.45) is 0 Å². The molecular weight excluding hydrogens is 553 g/mol. The zero-order valence-electron chi connectivity index (χ0n) is 17.6. The number of hydrogen-bond donors (Lipinski definition) is 2. The van der Waals surface area contributed by atoms with Crippen molar-refractivity contribution in [2.45, 2.75) is 98.2 Å². The molecule has 3 saturated heterocycles. The van der Waals surface area contributed by atoms with E-state index in [1.807, 2.05) is 0 Å². The van der Waals surface area contributed by atoms with E-state index in [1.54, 1.807) is 13.8 Å². The third-order valence-corrected chi connectivity index (χ3v) is 9.17. The molecule has 0 aromatic heterocycles. The maximum Gasteiger partial charge on any atom is 0.280 e. The number of phosphoric ester groups is 2. The van der Waals surface area contributed by atoms with E-state index >= 15 is 0 Å². The maximum atomic E-state index is 11.9. The molecule has 3 fully saturated rings. The quantitative estimate of drug-likeness (QED) is 0.314. The van der Waals surface area contributed by atoms with E-state index in [-0.39, 0.29) is 22.3 Å². The number of phosphoric acid groups is 3. The highest BCUT2D eigenvalue weighted by atomic mass is 31.3. The standard InChI is InChI=1S/C14H27O16P3.3CH4/c1-6-11(15)12(16)9(25-6)4-23-31(17,18)29-33(21,22)30-32(19,20)24-5-10-14-13(7(2)26-10)27-8(3)28-14;;;/h6-16H,4-5H2,1-3H3,(H,17,18)(H,19,20)(H,21,22);3*1H4/p-3/t6-,7-,8?,9+,10+,11?,12?,13+,14?;;;/m0.../s1. The van der Waals surface area contributed by atoms with Crippen molar-refractivity contribution in [1.82, 2.24) is 0 Å². The van der Waals surface area contributed by atoms with Crippen LogP contribution in [0.4, 0.5) is 0 Å². The van der Waals surface area contributed by atoms with Crippen LogP contribution in [0.5, 0.6) is 0 Å². The Balaban J connectivity index is 0.00000408. The van der Waals surface area contributed by atoms with Gasteiger partial charge < -0.3 is 52.9 Å². The molecule has 0 radical (unpaired) electrons. The molecule has 0 aromatic carbocycles. The number of ether oxygens (including phenoxy) is 4. The Morgan fingerprint density at radius 3 is 1.58 bits per heavy atom. The number of aliphatic hydroxyl groups excluding tert-OH is 2. The van der Waals surface area contributed by atoms with Gasteiger partial charge in [0.2, 0.25) is 0 Å². The molecule has 19 heteroatoms. The molecule has 0 saturated carbocycles. The second-order valence-electron chi connectivity index (χ2n) is 7.61. The summed E-state index contributed by atoms with van der Waals surface area (Å²) < 4.78 is 73.1. The first-order valence-electron chi connectivity index (χ1n) is 9.72. The zero-order valence-corrected chi connectivity index (χ0v) is 20.2. The lowest BCUT2D eigenvalue weighted by atomic mass is 10.1. The minimum absolute atomic E-state index is 0. The molecule has 3 heterocycles. The fourth-order valence-corrected chi connectivity index (χ4v) is 6.96. The highest BCUT2D eigenvalue weighted by Crippen LogP contribution is 2.63. The Bertz CT molecular complexity index is 843. The molecule has 3 aliphatic heterocycles. The number of hydrogen-bond acceptors (Lipinski definition) is 16. The zero-order chi connectivity index (χ0) is 24.8. The Labute approximate surface area is 210 Å². The fraction of sp³-hybridized carbons (Fsp3) is 1.00. The minimum atomic E-state index is -6.04. The average molecular weight is 589 g/mol. The molecule has 3 rings (SSSR count). The van der Waals surface area contributed by atoms with Crippen molar-refractivity contribution in [1.29, 1.82) is 0 Å². The number of aliphatic hydroxyl groups is 2. The first-order valence-corrected chi connectivity index (χ1v) is 14.1. The van der Waals surface area contributed by atoms with E-state index in [2.05, 4.69) is 17.7 Å². The lowest BCUT2D eigenvalue weighted by molar-refractivity contribution is -0.252. The van der Waals surface area contributed by atoms with Crippen molar-refractivity contribution in [3.8, 4) is 0 Å². The third-order valence-electron chi connectivity index (χ3n) is 5.03. The molecule has 0 aliphatic carbocycles. The average Bonchev–Trinajstić information content (AvgIpc) is 3.26. The largest absolute Gasteiger partial charge is 0.756 e. The Hall–Kier alpha value is 0.170. The van der Waals surface area contributed by atoms with Crippen LogP contribution in [0.1, 0.15) is 43.1 Å². The highest BCUT2D eigenvalue weighted by Gasteiger charge is 2.50. The van der Waals surface area contributed by atoms with E-state index < -0.39 is 91.8 Å². The highest BCUT2D eigenvalue weighted by molar-refractivity contribution is 7.65. The predicted molar refractivity (Wildman–Crippen MR) is 117 cm³/mol. The normalized spacial score (nSPS) is 40.5. The van der Waals surface area contributed by atoms with E-state index in [0.717, 1.165) is 0 Å². The number of fused-ring (bicyclic) bond motifs is 1. The van der Waals surface area contributed by atoms with E-state index in [4.69, 9.17) is 18.9 Å². The first kappa shape index (κ1) is 36.2. The van der Waals surface area contributed by atoms with Gasteiger partial charge in [-0.05, 0) is 20.8 Å². The number of rotatable bonds is 10. The Morgan fingerprint density at radius 2 is 1.11 bits per heavy atom. The lowest BCUT2D eigenvalue weighted by Crippen LogP contribution is -2.34. The van der Waals surface area contributed by atoms with Gasteiger partial charge in [0.05, 0.1) is 25.4 Å². The summed E-state index contributed by atoms with van der Waals surface area (Å²) >= 11 is 0. The fourth-order valence-electron chi connectivity index (χ4n) is 3.58. The van der Waals surface area contributed by atoms with Gasteiger partial charge in [0.25, 0.3) is 23.5 Å². The minimum Gasteiger partial charge on any atom is -0.756 e. The smallest absolute Gasteiger partial charge is 0.280 e. The van der Waals surface area contributed by atoms with Gasteiger partial charge in [0.15, 0.2) is 6.29 Å². The monoisotopic (exact) mass is 589 g/mol. The van der Waals surface area contributed by atoms with E-state index in [9.17, 15) is 38.6 Å². The van der Waals surface area contributed by atoms with Crippen LogP contribution in [-0.4, -0.2) is 78.5 Å². The Kier molecular flexibility index (Phi) is 13.6. The molecule has 2 N–H and O–H groups in total. The molecular formula is C17H36O16P3-3. The first-order chi connectivity index (χ1) is 15.1. The van der Waals surface area contributed by atoms with Crippen molar-refractivity contribution >= 4 is 23.5 Å². The molecule has 0 amide bonds. The van der Waals surface area contributed by atoms with Gasteiger partial charge in [0, 0.05) is 0 Å². The molecule has 16 nitrogen and oxygen atoms in total. The molecule has 3 aliphatic rings. The molecule has 7 unspecified atom stereocenters. The van der Waals surface area contributed by atoms with Crippen LogP contribution in [0, 0.1) is 0 Å². The van der Waals surface area contributed by atoms with Gasteiger partial charge in [-0.3, -0.25) is 13.7 Å². The van der Waals surface area contributed by atoms with Crippen LogP contribution < -0.4 is 14.7 Å². The molecule has 0 spiro atoms. The van der Waals surface area contributed by atoms with E-state index in [0.29, 0.717) is 0 Å². The van der Waals surface area contributed by atoms with Crippen LogP contribution in [0.2, 0.25) is 0 Å². The predicted octanol–water partition coefficient (Wildman–Crippen LogP) is -0.207. The van der Waals surface area contributed by atoms with Crippen LogP contribution in [0.25, 0.3) is 0 Å². The molecule has 36 heavy (non-hydrogen) atoms. The van der Waals surface area contributed by atoms with Gasteiger partial charge in [0.1, 0.15) is 36.6 Å². The third kappa shape index (κ3) is 9.13. The SMILES string of the molecule is C.C.C.CC1OC2[C@@H](COP(=O)([O-])OP(=O)([O-])OP(=O)([O-])OC[C@H]3O[C@@H](C)C(O)C3O)O[C@@H](C)[C@H]2O1. The molecule has 12 atom stereocenters. The topological polar surface area (TPSA) is 235 Å². The van der Waals surface area contributed by atoms with Crippen molar-refractivity contribution in [2.75, 3.05) is 13.2 Å². The van der Waals surface area contributed by atoms with Crippen LogP contribution >= 0.6 is 23.5 Å². The van der Waals surface area contributed by atoms with Gasteiger partial charge in [-0.2, -0.15) is 0 Å². The summed E-state index contributed by atoms with van der Waals surface area (Å²) in [6.07, 6.45) is -8.10. The lowest BCUT2D eigenvalue weighted by Gasteiger charge is -2.35. The van der Waals surface area contributed by atoms with Crippen molar-refractivity contribution in [3.05, 3.63) is 0 Å². The summed E-state index contributed by atoms with van der Waals surface area (Å²) in [6, 6.07) is 0. The second-order valence-corrected chi connectivity index (χ2v) is 12.1. The van der Waals surface area contributed by atoms with Crippen molar-refractivity contribution < 1.29 is 75.2 Å². The summed E-state index contributed by atoms with van der Waals surface area (Å²) in [5.74, 6) is 0.